The van der Waals surface area contributed by atoms with Gasteiger partial charge in [-0.05, 0) is 25.1 Å². The zero-order valence-corrected chi connectivity index (χ0v) is 14.6. The van der Waals surface area contributed by atoms with Crippen LogP contribution in [-0.4, -0.2) is 25.7 Å². The van der Waals surface area contributed by atoms with Crippen molar-refractivity contribution in [1.82, 2.24) is 19.7 Å². The lowest BCUT2D eigenvalue weighted by Gasteiger charge is -2.09. The molecule has 0 radical (unpaired) electrons. The number of rotatable bonds is 4. The second-order valence-electron chi connectivity index (χ2n) is 5.93. The standard InChI is InChI=1S/C20H16FN5O/c1-2-26-19-16(12-23-26)15(10-17(24-19)13-6-4-3-5-7-13)20(27)25-18-9-8-14(21)11-22-18/h3-12H,2H2,1H3,(H,22,25,27). The summed E-state index contributed by atoms with van der Waals surface area (Å²) >= 11 is 0. The summed E-state index contributed by atoms with van der Waals surface area (Å²) in [5.74, 6) is -0.542. The lowest BCUT2D eigenvalue weighted by molar-refractivity contribution is 0.102. The number of halogens is 1. The third kappa shape index (κ3) is 3.27. The minimum Gasteiger partial charge on any atom is -0.307 e. The Hall–Kier alpha value is -3.61. The molecule has 0 aliphatic heterocycles. The van der Waals surface area contributed by atoms with Crippen LogP contribution in [0.1, 0.15) is 17.3 Å². The number of aryl methyl sites for hydroxylation is 1. The van der Waals surface area contributed by atoms with Crippen LogP contribution in [0.5, 0.6) is 0 Å². The number of pyridine rings is 2. The molecule has 4 rings (SSSR count). The van der Waals surface area contributed by atoms with Crippen molar-refractivity contribution in [2.75, 3.05) is 5.32 Å². The maximum Gasteiger partial charge on any atom is 0.257 e. The summed E-state index contributed by atoms with van der Waals surface area (Å²) in [7, 11) is 0. The van der Waals surface area contributed by atoms with Gasteiger partial charge in [-0.3, -0.25) is 4.79 Å². The van der Waals surface area contributed by atoms with Crippen LogP contribution in [0.25, 0.3) is 22.3 Å². The normalized spacial score (nSPS) is 10.9. The van der Waals surface area contributed by atoms with Gasteiger partial charge in [0.2, 0.25) is 0 Å². The van der Waals surface area contributed by atoms with Gasteiger partial charge in [0.25, 0.3) is 5.91 Å². The van der Waals surface area contributed by atoms with E-state index in [9.17, 15) is 9.18 Å². The van der Waals surface area contributed by atoms with Crippen LogP contribution in [0, 0.1) is 5.82 Å². The predicted molar refractivity (Wildman–Crippen MR) is 101 cm³/mol. The molecule has 0 bridgehead atoms. The van der Waals surface area contributed by atoms with Gasteiger partial charge in [0.15, 0.2) is 5.65 Å². The molecule has 0 saturated heterocycles. The molecule has 0 aliphatic rings. The first-order valence-corrected chi connectivity index (χ1v) is 8.50. The minimum atomic E-state index is -0.463. The number of fused-ring (bicyclic) bond motifs is 1. The van der Waals surface area contributed by atoms with Gasteiger partial charge in [-0.25, -0.2) is 19.0 Å². The van der Waals surface area contributed by atoms with Crippen molar-refractivity contribution in [3.63, 3.8) is 0 Å². The minimum absolute atomic E-state index is 0.274. The summed E-state index contributed by atoms with van der Waals surface area (Å²) in [5.41, 5.74) is 2.65. The Bertz CT molecular complexity index is 1110. The zero-order chi connectivity index (χ0) is 18.8. The van der Waals surface area contributed by atoms with Crippen molar-refractivity contribution in [2.45, 2.75) is 13.5 Å². The molecule has 3 aromatic heterocycles. The lowest BCUT2D eigenvalue weighted by atomic mass is 10.1. The molecule has 134 valence electrons. The first kappa shape index (κ1) is 16.8. The fourth-order valence-corrected chi connectivity index (χ4v) is 2.86. The average Bonchev–Trinajstić information content (AvgIpc) is 3.12. The number of hydrogen-bond acceptors (Lipinski definition) is 4. The van der Waals surface area contributed by atoms with Gasteiger partial charge in [-0.1, -0.05) is 30.3 Å². The Morgan fingerprint density at radius 2 is 1.96 bits per heavy atom. The summed E-state index contributed by atoms with van der Waals surface area (Å²) in [4.78, 5) is 21.5. The predicted octanol–water partition coefficient (Wildman–Crippen LogP) is 3.90. The van der Waals surface area contributed by atoms with Crippen LogP contribution in [-0.2, 0) is 6.54 Å². The summed E-state index contributed by atoms with van der Waals surface area (Å²) in [5, 5.41) is 7.67. The van der Waals surface area contributed by atoms with Crippen LogP contribution >= 0.6 is 0 Å². The van der Waals surface area contributed by atoms with E-state index in [0.717, 1.165) is 11.8 Å². The highest BCUT2D eigenvalue weighted by molar-refractivity contribution is 6.12. The van der Waals surface area contributed by atoms with Gasteiger partial charge in [0.05, 0.1) is 29.0 Å². The van der Waals surface area contributed by atoms with Gasteiger partial charge in [-0.2, -0.15) is 5.10 Å². The molecule has 7 heteroatoms. The van der Waals surface area contributed by atoms with Crippen LogP contribution < -0.4 is 5.32 Å². The molecule has 0 atom stereocenters. The van der Waals surface area contributed by atoms with Crippen LogP contribution in [0.2, 0.25) is 0 Å². The lowest BCUT2D eigenvalue weighted by Crippen LogP contribution is -2.14. The number of nitrogens with one attached hydrogen (secondary N) is 1. The highest BCUT2D eigenvalue weighted by Crippen LogP contribution is 2.25. The smallest absolute Gasteiger partial charge is 0.257 e. The van der Waals surface area contributed by atoms with Crippen LogP contribution in [0.15, 0.2) is 60.9 Å². The van der Waals surface area contributed by atoms with Crippen molar-refractivity contribution < 1.29 is 9.18 Å². The highest BCUT2D eigenvalue weighted by atomic mass is 19.1. The van der Waals surface area contributed by atoms with E-state index >= 15 is 0 Å². The SMILES string of the molecule is CCn1ncc2c(C(=O)Nc3ccc(F)cn3)cc(-c3ccccc3)nc21. The molecular weight excluding hydrogens is 345 g/mol. The van der Waals surface area contributed by atoms with E-state index in [4.69, 9.17) is 4.98 Å². The summed E-state index contributed by atoms with van der Waals surface area (Å²) in [6.45, 7) is 2.60. The first-order chi connectivity index (χ1) is 13.2. The molecule has 0 unspecified atom stereocenters. The molecule has 0 spiro atoms. The third-order valence-electron chi connectivity index (χ3n) is 4.19. The Morgan fingerprint density at radius 1 is 1.15 bits per heavy atom. The Labute approximate surface area is 154 Å². The van der Waals surface area contributed by atoms with Crippen LogP contribution in [0.4, 0.5) is 10.2 Å². The van der Waals surface area contributed by atoms with Gasteiger partial charge < -0.3 is 5.32 Å². The van der Waals surface area contributed by atoms with Crippen molar-refractivity contribution in [2.24, 2.45) is 0 Å². The zero-order valence-electron chi connectivity index (χ0n) is 14.6. The quantitative estimate of drug-likeness (QED) is 0.598. The fraction of sp³-hybridized carbons (Fsp3) is 0.100. The molecule has 1 aromatic carbocycles. The van der Waals surface area contributed by atoms with E-state index in [2.05, 4.69) is 15.4 Å². The topological polar surface area (TPSA) is 72.7 Å². The van der Waals surface area contributed by atoms with E-state index in [1.807, 2.05) is 37.3 Å². The van der Waals surface area contributed by atoms with E-state index in [1.54, 1.807) is 16.9 Å². The molecule has 27 heavy (non-hydrogen) atoms. The Balaban J connectivity index is 1.81. The van der Waals surface area contributed by atoms with E-state index < -0.39 is 5.82 Å². The first-order valence-electron chi connectivity index (χ1n) is 8.50. The molecule has 4 aromatic rings. The number of aromatic nitrogens is 4. The number of hydrogen-bond donors (Lipinski definition) is 1. The summed E-state index contributed by atoms with van der Waals surface area (Å²) in [6, 6.07) is 14.0. The summed E-state index contributed by atoms with van der Waals surface area (Å²) < 4.78 is 14.8. The molecule has 1 amide bonds. The maximum absolute atomic E-state index is 13.0. The second kappa shape index (κ2) is 6.95. The molecule has 0 fully saturated rings. The number of carbonyl (C=O) groups excluding carboxylic acids is 1. The maximum atomic E-state index is 13.0. The van der Waals surface area contributed by atoms with Gasteiger partial charge >= 0.3 is 0 Å². The fourth-order valence-electron chi connectivity index (χ4n) is 2.86. The number of anilines is 1. The molecule has 0 aliphatic carbocycles. The molecule has 6 nitrogen and oxygen atoms in total. The number of benzene rings is 1. The van der Waals surface area contributed by atoms with Gasteiger partial charge in [-0.15, -0.1) is 0 Å². The molecule has 0 saturated carbocycles. The van der Waals surface area contributed by atoms with Crippen molar-refractivity contribution in [3.8, 4) is 11.3 Å². The largest absolute Gasteiger partial charge is 0.307 e. The Morgan fingerprint density at radius 3 is 2.67 bits per heavy atom. The van der Waals surface area contributed by atoms with E-state index in [-0.39, 0.29) is 11.7 Å². The van der Waals surface area contributed by atoms with E-state index in [1.165, 1.54) is 12.1 Å². The van der Waals surface area contributed by atoms with Gasteiger partial charge in [0.1, 0.15) is 11.6 Å². The van der Waals surface area contributed by atoms with Crippen LogP contribution in [0.3, 0.4) is 0 Å². The molecular formula is C20H16FN5O. The second-order valence-corrected chi connectivity index (χ2v) is 5.93. The highest BCUT2D eigenvalue weighted by Gasteiger charge is 2.17. The summed E-state index contributed by atoms with van der Waals surface area (Å²) in [6.07, 6.45) is 2.69. The van der Waals surface area contributed by atoms with Crippen molar-refractivity contribution >= 4 is 22.8 Å². The number of nitrogens with zero attached hydrogens (tertiary/aromatic N) is 4. The third-order valence-corrected chi connectivity index (χ3v) is 4.19. The van der Waals surface area contributed by atoms with Gasteiger partial charge in [0, 0.05) is 12.1 Å². The van der Waals surface area contributed by atoms with E-state index in [0.29, 0.717) is 28.8 Å². The van der Waals surface area contributed by atoms with Crippen molar-refractivity contribution in [1.29, 1.82) is 0 Å². The number of carbonyl (C=O) groups is 1. The Kier molecular flexibility index (Phi) is 4.33. The molecule has 3 heterocycles. The van der Waals surface area contributed by atoms with Crippen molar-refractivity contribution in [3.05, 3.63) is 72.3 Å². The average molecular weight is 361 g/mol. The number of amides is 1. The molecule has 1 N–H and O–H groups in total. The monoisotopic (exact) mass is 361 g/mol.